The van der Waals surface area contributed by atoms with Crippen LogP contribution in [0.25, 0.3) is 0 Å². The molecule has 0 unspecified atom stereocenters. The summed E-state index contributed by atoms with van der Waals surface area (Å²) in [5, 5.41) is 9.02. The summed E-state index contributed by atoms with van der Waals surface area (Å²) < 4.78 is 5.41. The largest absolute Gasteiger partial charge is 0.450 e. The van der Waals surface area contributed by atoms with Gasteiger partial charge in [0.1, 0.15) is 5.75 Å². The fourth-order valence-corrected chi connectivity index (χ4v) is 1.26. The second-order valence-electron chi connectivity index (χ2n) is 2.98. The zero-order valence-electron chi connectivity index (χ0n) is 8.17. The molecule has 1 heterocycles. The van der Waals surface area contributed by atoms with E-state index in [1.165, 1.54) is 12.4 Å². The number of rotatable bonds is 3. The first kappa shape index (κ1) is 10.9. The minimum absolute atomic E-state index is 0.276. The van der Waals surface area contributed by atoms with Crippen molar-refractivity contribution in [3.05, 3.63) is 41.8 Å². The van der Waals surface area contributed by atoms with Crippen LogP contribution in [0.4, 0.5) is 0 Å². The molecule has 0 atom stereocenters. The van der Waals surface area contributed by atoms with Crippen molar-refractivity contribution in [2.75, 3.05) is 0 Å². The Kier molecular flexibility index (Phi) is 3.39. The molecular weight excluding hydrogens is 226 g/mol. The molecule has 0 amide bonds. The van der Waals surface area contributed by atoms with Gasteiger partial charge in [-0.1, -0.05) is 29.2 Å². The SMILES string of the molecule is O[B]c1ccc(Oc2cncc(Cl)n2)cc1. The highest BCUT2D eigenvalue weighted by molar-refractivity contribution is 6.45. The second kappa shape index (κ2) is 4.96. The maximum absolute atomic E-state index is 8.75. The van der Waals surface area contributed by atoms with Gasteiger partial charge in [0.05, 0.1) is 12.4 Å². The van der Waals surface area contributed by atoms with E-state index < -0.39 is 0 Å². The number of hydrogen-bond donors (Lipinski definition) is 1. The van der Waals surface area contributed by atoms with E-state index in [4.69, 9.17) is 21.4 Å². The lowest BCUT2D eigenvalue weighted by Gasteiger charge is -2.04. The van der Waals surface area contributed by atoms with E-state index in [1.54, 1.807) is 24.3 Å². The van der Waals surface area contributed by atoms with Crippen molar-refractivity contribution in [1.82, 2.24) is 9.97 Å². The van der Waals surface area contributed by atoms with Gasteiger partial charge in [-0.15, -0.1) is 0 Å². The smallest absolute Gasteiger partial charge is 0.326 e. The number of benzene rings is 1. The van der Waals surface area contributed by atoms with Crippen LogP contribution in [0.5, 0.6) is 11.6 Å². The highest BCUT2D eigenvalue weighted by Crippen LogP contribution is 2.18. The molecule has 1 aromatic heterocycles. The van der Waals surface area contributed by atoms with Gasteiger partial charge < -0.3 is 9.76 Å². The van der Waals surface area contributed by atoms with Crippen molar-refractivity contribution >= 4 is 24.5 Å². The average Bonchev–Trinajstić information content (AvgIpc) is 2.30. The molecule has 1 N–H and O–H groups in total. The predicted molar refractivity (Wildman–Crippen MR) is 61.2 cm³/mol. The van der Waals surface area contributed by atoms with Crippen LogP contribution in [-0.2, 0) is 0 Å². The fourth-order valence-electron chi connectivity index (χ4n) is 1.12. The lowest BCUT2D eigenvalue weighted by molar-refractivity contribution is 0.460. The molecule has 4 nitrogen and oxygen atoms in total. The Morgan fingerprint density at radius 2 is 1.94 bits per heavy atom. The van der Waals surface area contributed by atoms with Crippen molar-refractivity contribution in [3.63, 3.8) is 0 Å². The molecule has 0 bridgehead atoms. The molecule has 0 aliphatic heterocycles. The van der Waals surface area contributed by atoms with Gasteiger partial charge in [0.2, 0.25) is 5.88 Å². The number of hydrogen-bond acceptors (Lipinski definition) is 4. The van der Waals surface area contributed by atoms with E-state index in [1.807, 2.05) is 0 Å². The number of ether oxygens (including phenoxy) is 1. The fraction of sp³-hybridized carbons (Fsp3) is 0. The molecule has 0 saturated carbocycles. The molecule has 1 radical (unpaired) electrons. The Morgan fingerprint density at radius 3 is 2.56 bits per heavy atom. The van der Waals surface area contributed by atoms with Crippen LogP contribution in [0.3, 0.4) is 0 Å². The lowest BCUT2D eigenvalue weighted by atomic mass is 9.89. The van der Waals surface area contributed by atoms with Crippen molar-refractivity contribution in [2.45, 2.75) is 0 Å². The third-order valence-electron chi connectivity index (χ3n) is 1.83. The number of halogens is 1. The van der Waals surface area contributed by atoms with Gasteiger partial charge in [0.15, 0.2) is 5.15 Å². The first-order chi connectivity index (χ1) is 7.78. The Balaban J connectivity index is 2.14. The van der Waals surface area contributed by atoms with Crippen molar-refractivity contribution in [1.29, 1.82) is 0 Å². The molecule has 2 rings (SSSR count). The summed E-state index contributed by atoms with van der Waals surface area (Å²) in [4.78, 5) is 7.78. The van der Waals surface area contributed by atoms with Gasteiger partial charge in [-0.2, -0.15) is 4.98 Å². The van der Waals surface area contributed by atoms with Crippen molar-refractivity contribution in [2.24, 2.45) is 0 Å². The molecule has 0 spiro atoms. The Bertz CT molecular complexity index is 479. The van der Waals surface area contributed by atoms with Gasteiger partial charge in [0, 0.05) is 0 Å². The van der Waals surface area contributed by atoms with E-state index in [0.29, 0.717) is 17.1 Å². The summed E-state index contributed by atoms with van der Waals surface area (Å²) in [5.41, 5.74) is 0.699. The summed E-state index contributed by atoms with van der Waals surface area (Å²) in [6, 6.07) is 6.86. The van der Waals surface area contributed by atoms with Gasteiger partial charge >= 0.3 is 7.48 Å². The molecule has 79 valence electrons. The highest BCUT2D eigenvalue weighted by atomic mass is 35.5. The van der Waals surface area contributed by atoms with Gasteiger partial charge in [-0.25, -0.2) is 0 Å². The van der Waals surface area contributed by atoms with Gasteiger partial charge in [-0.3, -0.25) is 4.98 Å². The van der Waals surface area contributed by atoms with Crippen LogP contribution < -0.4 is 10.2 Å². The van der Waals surface area contributed by atoms with Crippen molar-refractivity contribution in [3.8, 4) is 11.6 Å². The minimum Gasteiger partial charge on any atom is -0.450 e. The topological polar surface area (TPSA) is 55.2 Å². The van der Waals surface area contributed by atoms with Crippen LogP contribution in [0.2, 0.25) is 5.15 Å². The quantitative estimate of drug-likeness (QED) is 0.808. The van der Waals surface area contributed by atoms with Crippen molar-refractivity contribution < 1.29 is 9.76 Å². The Labute approximate surface area is 98.2 Å². The normalized spacial score (nSPS) is 9.88. The zero-order valence-corrected chi connectivity index (χ0v) is 8.93. The lowest BCUT2D eigenvalue weighted by Crippen LogP contribution is -2.11. The number of aromatic nitrogens is 2. The summed E-state index contributed by atoms with van der Waals surface area (Å²) in [6.45, 7) is 0. The van der Waals surface area contributed by atoms with E-state index in [2.05, 4.69) is 9.97 Å². The maximum Gasteiger partial charge on any atom is 0.326 e. The third kappa shape index (κ3) is 2.71. The summed E-state index contributed by atoms with van der Waals surface area (Å²) >= 11 is 5.67. The van der Waals surface area contributed by atoms with Crippen LogP contribution >= 0.6 is 11.6 Å². The molecular formula is C10H7BClN2O2. The van der Waals surface area contributed by atoms with E-state index in [9.17, 15) is 0 Å². The van der Waals surface area contributed by atoms with E-state index >= 15 is 0 Å². The number of nitrogens with zero attached hydrogens (tertiary/aromatic N) is 2. The monoisotopic (exact) mass is 233 g/mol. The molecule has 1 aromatic carbocycles. The Morgan fingerprint density at radius 1 is 1.19 bits per heavy atom. The average molecular weight is 233 g/mol. The van der Waals surface area contributed by atoms with E-state index in [0.717, 1.165) is 7.48 Å². The van der Waals surface area contributed by atoms with E-state index in [-0.39, 0.29) is 5.15 Å². The van der Waals surface area contributed by atoms with Crippen LogP contribution in [0.1, 0.15) is 0 Å². The molecule has 0 aliphatic carbocycles. The molecule has 16 heavy (non-hydrogen) atoms. The molecule has 6 heteroatoms. The molecule has 2 aromatic rings. The Hall–Kier alpha value is -1.59. The summed E-state index contributed by atoms with van der Waals surface area (Å²) in [7, 11) is 1.02. The van der Waals surface area contributed by atoms with Crippen LogP contribution in [-0.4, -0.2) is 22.5 Å². The summed E-state index contributed by atoms with van der Waals surface area (Å²) in [6.07, 6.45) is 2.90. The third-order valence-corrected chi connectivity index (χ3v) is 2.02. The zero-order chi connectivity index (χ0) is 11.4. The van der Waals surface area contributed by atoms with Crippen LogP contribution in [0.15, 0.2) is 36.7 Å². The predicted octanol–water partition coefficient (Wildman–Crippen LogP) is 1.16. The molecule has 0 aliphatic rings. The molecule has 0 fully saturated rings. The molecule has 0 saturated heterocycles. The van der Waals surface area contributed by atoms with Crippen LogP contribution in [0, 0.1) is 0 Å². The highest BCUT2D eigenvalue weighted by Gasteiger charge is 2.00. The minimum atomic E-state index is 0.276. The summed E-state index contributed by atoms with van der Waals surface area (Å²) in [5.74, 6) is 0.926. The van der Waals surface area contributed by atoms with Gasteiger partial charge in [-0.05, 0) is 12.1 Å². The first-order valence-electron chi connectivity index (χ1n) is 4.51. The van der Waals surface area contributed by atoms with Gasteiger partial charge in [0.25, 0.3) is 0 Å². The first-order valence-corrected chi connectivity index (χ1v) is 4.88. The second-order valence-corrected chi connectivity index (χ2v) is 3.37. The standard InChI is InChI=1S/C10H7BClN2O2/c12-9-5-13-6-10(14-9)16-8-3-1-7(11-15)2-4-8/h1-6,15H. The maximum atomic E-state index is 8.75.